The lowest BCUT2D eigenvalue weighted by molar-refractivity contribution is -0.119. The summed E-state index contributed by atoms with van der Waals surface area (Å²) < 4.78 is 0. The number of nitrogens with two attached hydrogens (primary N) is 1. The van der Waals surface area contributed by atoms with Crippen LogP contribution < -0.4 is 16.4 Å². The van der Waals surface area contributed by atoms with E-state index in [1.807, 2.05) is 33.8 Å². The maximum absolute atomic E-state index is 12.3. The Bertz CT molecular complexity index is 767. The lowest BCUT2D eigenvalue weighted by Crippen LogP contribution is -2.45. The fraction of sp³-hybridized carbons (Fsp3) is 0.316. The average molecular weight is 340 g/mol. The summed E-state index contributed by atoms with van der Waals surface area (Å²) in [6.45, 7) is 7.61. The molecule has 4 N–H and O–H groups in total. The summed E-state index contributed by atoms with van der Waals surface area (Å²) >= 11 is 0. The summed E-state index contributed by atoms with van der Waals surface area (Å²) in [5, 5.41) is 5.65. The van der Waals surface area contributed by atoms with Crippen LogP contribution >= 0.6 is 0 Å². The SMILES string of the molecule is Cc1ccc(NC(=O)[C@@H](N)C(C)(C)C)cc1NC(=O)c1ccncc1. The molecule has 2 rings (SSSR count). The number of carbonyl (C=O) groups excluding carboxylic acids is 2. The molecule has 0 saturated heterocycles. The topological polar surface area (TPSA) is 97.1 Å². The minimum Gasteiger partial charge on any atom is -0.325 e. The van der Waals surface area contributed by atoms with Gasteiger partial charge in [0.15, 0.2) is 0 Å². The molecular formula is C19H24N4O2. The Morgan fingerprint density at radius 1 is 1.08 bits per heavy atom. The zero-order valence-electron chi connectivity index (χ0n) is 15.0. The monoisotopic (exact) mass is 340 g/mol. The minimum atomic E-state index is -0.635. The van der Waals surface area contributed by atoms with Crippen LogP contribution in [-0.4, -0.2) is 22.8 Å². The van der Waals surface area contributed by atoms with E-state index < -0.39 is 6.04 Å². The van der Waals surface area contributed by atoms with Crippen molar-refractivity contribution in [3.63, 3.8) is 0 Å². The molecule has 2 amide bonds. The van der Waals surface area contributed by atoms with Crippen LogP contribution in [0.15, 0.2) is 42.7 Å². The van der Waals surface area contributed by atoms with Gasteiger partial charge in [-0.15, -0.1) is 0 Å². The van der Waals surface area contributed by atoms with Crippen LogP contribution in [0.2, 0.25) is 0 Å². The molecule has 0 saturated carbocycles. The Morgan fingerprint density at radius 2 is 1.72 bits per heavy atom. The number of aryl methyl sites for hydroxylation is 1. The molecule has 0 radical (unpaired) electrons. The van der Waals surface area contributed by atoms with Crippen LogP contribution in [0.5, 0.6) is 0 Å². The first-order valence-electron chi connectivity index (χ1n) is 8.07. The summed E-state index contributed by atoms with van der Waals surface area (Å²) in [6, 6.07) is 7.98. The zero-order valence-corrected chi connectivity index (χ0v) is 15.0. The van der Waals surface area contributed by atoms with Crippen LogP contribution in [0.25, 0.3) is 0 Å². The Labute approximate surface area is 147 Å². The molecule has 0 bridgehead atoms. The van der Waals surface area contributed by atoms with E-state index in [4.69, 9.17) is 5.73 Å². The average Bonchev–Trinajstić information content (AvgIpc) is 2.57. The fourth-order valence-corrected chi connectivity index (χ4v) is 2.15. The third kappa shape index (κ3) is 4.87. The van der Waals surface area contributed by atoms with Gasteiger partial charge in [0.2, 0.25) is 5.91 Å². The number of anilines is 2. The van der Waals surface area contributed by atoms with Crippen molar-refractivity contribution in [3.05, 3.63) is 53.9 Å². The van der Waals surface area contributed by atoms with Gasteiger partial charge in [0, 0.05) is 29.3 Å². The Hall–Kier alpha value is -2.73. The molecule has 25 heavy (non-hydrogen) atoms. The molecular weight excluding hydrogens is 316 g/mol. The first-order valence-corrected chi connectivity index (χ1v) is 8.07. The van der Waals surface area contributed by atoms with Crippen molar-refractivity contribution >= 4 is 23.2 Å². The van der Waals surface area contributed by atoms with Crippen LogP contribution in [0.1, 0.15) is 36.7 Å². The van der Waals surface area contributed by atoms with Crippen molar-refractivity contribution in [2.24, 2.45) is 11.1 Å². The number of carbonyl (C=O) groups is 2. The van der Waals surface area contributed by atoms with Crippen molar-refractivity contribution in [2.45, 2.75) is 33.7 Å². The van der Waals surface area contributed by atoms with E-state index in [1.165, 1.54) is 0 Å². The molecule has 0 unspecified atom stereocenters. The molecule has 0 aliphatic heterocycles. The maximum Gasteiger partial charge on any atom is 0.255 e. The number of amides is 2. The number of benzene rings is 1. The fourth-order valence-electron chi connectivity index (χ4n) is 2.15. The third-order valence-electron chi connectivity index (χ3n) is 3.91. The van der Waals surface area contributed by atoms with Crippen LogP contribution in [0.3, 0.4) is 0 Å². The van der Waals surface area contributed by atoms with E-state index in [0.29, 0.717) is 16.9 Å². The lowest BCUT2D eigenvalue weighted by atomic mass is 9.87. The van der Waals surface area contributed by atoms with Crippen molar-refractivity contribution in [2.75, 3.05) is 10.6 Å². The second-order valence-corrected chi connectivity index (χ2v) is 7.05. The summed E-state index contributed by atoms with van der Waals surface area (Å²) in [7, 11) is 0. The maximum atomic E-state index is 12.3. The molecule has 132 valence electrons. The number of rotatable bonds is 4. The lowest BCUT2D eigenvalue weighted by Gasteiger charge is -2.26. The van der Waals surface area contributed by atoms with Gasteiger partial charge in [-0.2, -0.15) is 0 Å². The first-order chi connectivity index (χ1) is 11.7. The molecule has 6 heteroatoms. The molecule has 6 nitrogen and oxygen atoms in total. The number of hydrogen-bond donors (Lipinski definition) is 3. The number of pyridine rings is 1. The van der Waals surface area contributed by atoms with E-state index in [2.05, 4.69) is 15.6 Å². The number of nitrogens with one attached hydrogen (secondary N) is 2. The predicted octanol–water partition coefficient (Wildman–Crippen LogP) is 2.95. The Kier molecular flexibility index (Phi) is 5.54. The second kappa shape index (κ2) is 7.44. The van der Waals surface area contributed by atoms with Crippen LogP contribution in [0, 0.1) is 12.3 Å². The molecule has 1 heterocycles. The largest absolute Gasteiger partial charge is 0.325 e. The number of aromatic nitrogens is 1. The van der Waals surface area contributed by atoms with Gasteiger partial charge < -0.3 is 16.4 Å². The van der Waals surface area contributed by atoms with Gasteiger partial charge in [0.1, 0.15) is 0 Å². The highest BCUT2D eigenvalue weighted by atomic mass is 16.2. The van der Waals surface area contributed by atoms with E-state index in [1.54, 1.807) is 36.7 Å². The van der Waals surface area contributed by atoms with E-state index >= 15 is 0 Å². The molecule has 1 aromatic carbocycles. The number of nitrogens with zero attached hydrogens (tertiary/aromatic N) is 1. The highest BCUT2D eigenvalue weighted by molar-refractivity contribution is 6.05. The molecule has 0 spiro atoms. The first kappa shape index (κ1) is 18.6. The quantitative estimate of drug-likeness (QED) is 0.797. The van der Waals surface area contributed by atoms with Crippen LogP contribution in [-0.2, 0) is 4.79 Å². The van der Waals surface area contributed by atoms with E-state index in [9.17, 15) is 9.59 Å². The standard InChI is InChI=1S/C19H24N4O2/c1-12-5-6-14(22-18(25)16(20)19(2,3)4)11-15(12)23-17(24)13-7-9-21-10-8-13/h5-11,16H,20H2,1-4H3,(H,22,25)(H,23,24)/t16-/m1/s1. The van der Waals surface area contributed by atoms with Gasteiger partial charge >= 0.3 is 0 Å². The van der Waals surface area contributed by atoms with Crippen molar-refractivity contribution in [1.82, 2.24) is 4.98 Å². The molecule has 2 aromatic rings. The molecule has 0 aliphatic rings. The summed E-state index contributed by atoms with van der Waals surface area (Å²) in [5.74, 6) is -0.497. The smallest absolute Gasteiger partial charge is 0.255 e. The van der Waals surface area contributed by atoms with Gasteiger partial charge in [0.05, 0.1) is 6.04 Å². The van der Waals surface area contributed by atoms with Gasteiger partial charge in [-0.05, 0) is 42.2 Å². The van der Waals surface area contributed by atoms with E-state index in [-0.39, 0.29) is 17.2 Å². The van der Waals surface area contributed by atoms with Gasteiger partial charge in [-0.25, -0.2) is 0 Å². The van der Waals surface area contributed by atoms with Crippen molar-refractivity contribution < 1.29 is 9.59 Å². The van der Waals surface area contributed by atoms with Crippen LogP contribution in [0.4, 0.5) is 11.4 Å². The Morgan fingerprint density at radius 3 is 2.32 bits per heavy atom. The second-order valence-electron chi connectivity index (χ2n) is 7.05. The van der Waals surface area contributed by atoms with Gasteiger partial charge in [0.25, 0.3) is 5.91 Å². The molecule has 0 fully saturated rings. The zero-order chi connectivity index (χ0) is 18.6. The molecule has 1 atom stereocenters. The molecule has 0 aliphatic carbocycles. The minimum absolute atomic E-state index is 0.236. The van der Waals surface area contributed by atoms with Gasteiger partial charge in [-0.3, -0.25) is 14.6 Å². The normalized spacial score (nSPS) is 12.4. The summed E-state index contributed by atoms with van der Waals surface area (Å²) in [4.78, 5) is 28.5. The van der Waals surface area contributed by atoms with Crippen molar-refractivity contribution in [1.29, 1.82) is 0 Å². The third-order valence-corrected chi connectivity index (χ3v) is 3.91. The Balaban J connectivity index is 2.15. The molecule has 1 aromatic heterocycles. The van der Waals surface area contributed by atoms with Gasteiger partial charge in [-0.1, -0.05) is 26.8 Å². The van der Waals surface area contributed by atoms with E-state index in [0.717, 1.165) is 5.56 Å². The summed E-state index contributed by atoms with van der Waals surface area (Å²) in [5.41, 5.74) is 8.25. The number of hydrogen-bond acceptors (Lipinski definition) is 4. The highest BCUT2D eigenvalue weighted by Crippen LogP contribution is 2.23. The summed E-state index contributed by atoms with van der Waals surface area (Å²) in [6.07, 6.45) is 3.12. The van der Waals surface area contributed by atoms with Crippen molar-refractivity contribution in [3.8, 4) is 0 Å². The highest BCUT2D eigenvalue weighted by Gasteiger charge is 2.27. The predicted molar refractivity (Wildman–Crippen MR) is 99.4 cm³/mol.